The SMILES string of the molecule is Cc1ccc(N(C(=O)c2ccco2)C2CCN(CC3CCCCC3)CC2)nc1. The van der Waals surface area contributed by atoms with E-state index in [1.807, 2.05) is 30.2 Å². The van der Waals surface area contributed by atoms with Crippen LogP contribution < -0.4 is 4.90 Å². The van der Waals surface area contributed by atoms with Crippen molar-refractivity contribution in [3.8, 4) is 0 Å². The van der Waals surface area contributed by atoms with Gasteiger partial charge in [-0.25, -0.2) is 4.98 Å². The highest BCUT2D eigenvalue weighted by molar-refractivity contribution is 6.04. The maximum atomic E-state index is 13.2. The number of amides is 1. The van der Waals surface area contributed by atoms with Crippen LogP contribution in [0.25, 0.3) is 0 Å². The van der Waals surface area contributed by atoms with Gasteiger partial charge in [0.2, 0.25) is 0 Å². The van der Waals surface area contributed by atoms with Crippen molar-refractivity contribution < 1.29 is 9.21 Å². The third kappa shape index (κ3) is 4.46. The van der Waals surface area contributed by atoms with Gasteiger partial charge in [0, 0.05) is 31.9 Å². The lowest BCUT2D eigenvalue weighted by Gasteiger charge is -2.39. The second-order valence-corrected chi connectivity index (χ2v) is 8.38. The summed E-state index contributed by atoms with van der Waals surface area (Å²) in [6.45, 7) is 5.34. The summed E-state index contributed by atoms with van der Waals surface area (Å²) in [5.41, 5.74) is 1.09. The number of rotatable bonds is 5. The highest BCUT2D eigenvalue weighted by atomic mass is 16.3. The van der Waals surface area contributed by atoms with Crippen LogP contribution in [0.5, 0.6) is 0 Å². The molecule has 0 atom stereocenters. The molecular formula is C23H31N3O2. The summed E-state index contributed by atoms with van der Waals surface area (Å²) >= 11 is 0. The van der Waals surface area contributed by atoms with Gasteiger partial charge in [-0.05, 0) is 62.3 Å². The number of carbonyl (C=O) groups excluding carboxylic acids is 1. The maximum Gasteiger partial charge on any atom is 0.295 e. The van der Waals surface area contributed by atoms with E-state index in [2.05, 4.69) is 9.88 Å². The number of carbonyl (C=O) groups is 1. The fourth-order valence-corrected chi connectivity index (χ4v) is 4.67. The van der Waals surface area contributed by atoms with Crippen molar-refractivity contribution in [2.45, 2.75) is 57.9 Å². The van der Waals surface area contributed by atoms with Crippen LogP contribution in [0.1, 0.15) is 61.1 Å². The van der Waals surface area contributed by atoms with Crippen LogP contribution >= 0.6 is 0 Å². The Labute approximate surface area is 167 Å². The van der Waals surface area contributed by atoms with Gasteiger partial charge in [0.1, 0.15) is 5.82 Å². The molecule has 0 spiro atoms. The van der Waals surface area contributed by atoms with Gasteiger partial charge in [0.05, 0.1) is 6.26 Å². The van der Waals surface area contributed by atoms with Crippen molar-refractivity contribution in [1.82, 2.24) is 9.88 Å². The minimum absolute atomic E-state index is 0.0907. The largest absolute Gasteiger partial charge is 0.459 e. The van der Waals surface area contributed by atoms with Gasteiger partial charge in [-0.2, -0.15) is 0 Å². The molecule has 0 aromatic carbocycles. The molecule has 2 aliphatic rings. The van der Waals surface area contributed by atoms with Crippen LogP contribution in [0, 0.1) is 12.8 Å². The predicted octanol–water partition coefficient (Wildman–Crippen LogP) is 4.67. The van der Waals surface area contributed by atoms with Crippen LogP contribution in [0.4, 0.5) is 5.82 Å². The third-order valence-electron chi connectivity index (χ3n) is 6.26. The van der Waals surface area contributed by atoms with Crippen LogP contribution in [-0.4, -0.2) is 41.5 Å². The minimum Gasteiger partial charge on any atom is -0.459 e. The molecule has 1 saturated carbocycles. The number of aromatic nitrogens is 1. The lowest BCUT2D eigenvalue weighted by molar-refractivity contribution is 0.0925. The first-order valence-electron chi connectivity index (χ1n) is 10.7. The molecule has 2 aromatic rings. The minimum atomic E-state index is -0.0907. The van der Waals surface area contributed by atoms with E-state index in [1.165, 1.54) is 38.6 Å². The van der Waals surface area contributed by atoms with Crippen molar-refractivity contribution >= 4 is 11.7 Å². The Kier molecular flexibility index (Phi) is 6.10. The zero-order valence-corrected chi connectivity index (χ0v) is 16.8. The second kappa shape index (κ2) is 8.91. The molecule has 5 nitrogen and oxygen atoms in total. The molecule has 0 N–H and O–H groups in total. The molecule has 1 aliphatic heterocycles. The monoisotopic (exact) mass is 381 g/mol. The van der Waals surface area contributed by atoms with Gasteiger partial charge in [-0.3, -0.25) is 9.69 Å². The van der Waals surface area contributed by atoms with E-state index in [0.717, 1.165) is 43.2 Å². The average Bonchev–Trinajstić information content (AvgIpc) is 3.27. The number of hydrogen-bond donors (Lipinski definition) is 0. The zero-order chi connectivity index (χ0) is 19.3. The van der Waals surface area contributed by atoms with Crippen molar-refractivity contribution in [3.63, 3.8) is 0 Å². The summed E-state index contributed by atoms with van der Waals surface area (Å²) in [4.78, 5) is 22.2. The summed E-state index contributed by atoms with van der Waals surface area (Å²) in [5, 5.41) is 0. The molecule has 1 amide bonds. The highest BCUT2D eigenvalue weighted by Gasteiger charge is 2.32. The van der Waals surface area contributed by atoms with Crippen molar-refractivity contribution in [2.75, 3.05) is 24.5 Å². The molecular weight excluding hydrogens is 350 g/mol. The maximum absolute atomic E-state index is 13.2. The van der Waals surface area contributed by atoms with Gasteiger partial charge in [0.25, 0.3) is 5.91 Å². The second-order valence-electron chi connectivity index (χ2n) is 8.38. The number of aryl methyl sites for hydroxylation is 1. The molecule has 3 heterocycles. The standard InChI is InChI=1S/C23H31N3O2/c1-18-9-10-22(24-16-18)26(23(27)21-8-5-15-28-21)20-11-13-25(14-12-20)17-19-6-3-2-4-7-19/h5,8-10,15-16,19-20H,2-4,6-7,11-14,17H2,1H3. The Bertz CT molecular complexity index is 743. The molecule has 2 fully saturated rings. The van der Waals surface area contributed by atoms with Crippen LogP contribution in [0.2, 0.25) is 0 Å². The van der Waals surface area contributed by atoms with Crippen molar-refractivity contribution in [2.24, 2.45) is 5.92 Å². The van der Waals surface area contributed by atoms with E-state index in [4.69, 9.17) is 4.42 Å². The van der Waals surface area contributed by atoms with E-state index in [0.29, 0.717) is 5.76 Å². The van der Waals surface area contributed by atoms with E-state index in [9.17, 15) is 4.79 Å². The first kappa shape index (κ1) is 19.2. The van der Waals surface area contributed by atoms with Crippen LogP contribution in [0.15, 0.2) is 41.1 Å². The van der Waals surface area contributed by atoms with E-state index in [1.54, 1.807) is 18.4 Å². The number of furan rings is 1. The molecule has 1 saturated heterocycles. The highest BCUT2D eigenvalue weighted by Crippen LogP contribution is 2.28. The van der Waals surface area contributed by atoms with Gasteiger partial charge >= 0.3 is 0 Å². The number of nitrogens with zero attached hydrogens (tertiary/aromatic N) is 3. The Morgan fingerprint density at radius 1 is 1.14 bits per heavy atom. The number of hydrogen-bond acceptors (Lipinski definition) is 4. The summed E-state index contributed by atoms with van der Waals surface area (Å²) in [7, 11) is 0. The number of likely N-dealkylation sites (tertiary alicyclic amines) is 1. The molecule has 5 heteroatoms. The fourth-order valence-electron chi connectivity index (χ4n) is 4.67. The number of pyridine rings is 1. The van der Waals surface area contributed by atoms with Gasteiger partial charge < -0.3 is 9.32 Å². The third-order valence-corrected chi connectivity index (χ3v) is 6.26. The summed E-state index contributed by atoms with van der Waals surface area (Å²) < 4.78 is 5.40. The smallest absolute Gasteiger partial charge is 0.295 e. The number of anilines is 1. The number of piperidine rings is 1. The van der Waals surface area contributed by atoms with Crippen molar-refractivity contribution in [1.29, 1.82) is 0 Å². The molecule has 0 unspecified atom stereocenters. The van der Waals surface area contributed by atoms with Crippen LogP contribution in [-0.2, 0) is 0 Å². The lowest BCUT2D eigenvalue weighted by atomic mass is 9.88. The van der Waals surface area contributed by atoms with Gasteiger partial charge in [-0.15, -0.1) is 0 Å². The predicted molar refractivity (Wildman–Crippen MR) is 111 cm³/mol. The molecule has 1 aliphatic carbocycles. The molecule has 0 radical (unpaired) electrons. The molecule has 150 valence electrons. The average molecular weight is 382 g/mol. The zero-order valence-electron chi connectivity index (χ0n) is 16.8. The molecule has 0 bridgehead atoms. The van der Waals surface area contributed by atoms with Gasteiger partial charge in [0.15, 0.2) is 5.76 Å². The molecule has 2 aromatic heterocycles. The topological polar surface area (TPSA) is 49.6 Å². The summed E-state index contributed by atoms with van der Waals surface area (Å²) in [6, 6.07) is 7.63. The lowest BCUT2D eigenvalue weighted by Crippen LogP contribution is -2.48. The Morgan fingerprint density at radius 3 is 2.57 bits per heavy atom. The Morgan fingerprint density at radius 2 is 1.93 bits per heavy atom. The van der Waals surface area contributed by atoms with E-state index >= 15 is 0 Å². The Hall–Kier alpha value is -2.14. The first-order valence-corrected chi connectivity index (χ1v) is 10.7. The van der Waals surface area contributed by atoms with E-state index < -0.39 is 0 Å². The van der Waals surface area contributed by atoms with Gasteiger partial charge in [-0.1, -0.05) is 25.3 Å². The van der Waals surface area contributed by atoms with Crippen LogP contribution in [0.3, 0.4) is 0 Å². The summed E-state index contributed by atoms with van der Waals surface area (Å²) in [5.74, 6) is 1.88. The molecule has 4 rings (SSSR count). The van der Waals surface area contributed by atoms with Crippen molar-refractivity contribution in [3.05, 3.63) is 48.0 Å². The summed E-state index contributed by atoms with van der Waals surface area (Å²) in [6.07, 6.45) is 12.3. The molecule has 28 heavy (non-hydrogen) atoms. The normalized spacial score (nSPS) is 19.6. The first-order chi connectivity index (χ1) is 13.7. The fraction of sp³-hybridized carbons (Fsp3) is 0.565. The quantitative estimate of drug-likeness (QED) is 0.755. The Balaban J connectivity index is 1.45. The van der Waals surface area contributed by atoms with E-state index in [-0.39, 0.29) is 11.9 Å².